The molecule has 1 aromatic heterocycles. The Morgan fingerprint density at radius 1 is 1.17 bits per heavy atom. The SMILES string of the molecule is CC1CN(C(=O)Nc2nnc(-c3ccccc3)o2)CCC1=Cc1ccc(F)c(F)c1. The van der Waals surface area contributed by atoms with Crippen LogP contribution in [-0.4, -0.2) is 34.2 Å². The molecular formula is C22H20F2N4O2. The van der Waals surface area contributed by atoms with E-state index in [1.807, 2.05) is 43.3 Å². The quantitative estimate of drug-likeness (QED) is 0.662. The molecule has 2 aromatic carbocycles. The number of nitrogens with zero attached hydrogens (tertiary/aromatic N) is 3. The maximum atomic E-state index is 13.4. The number of hydrogen-bond donors (Lipinski definition) is 1. The molecule has 0 radical (unpaired) electrons. The maximum Gasteiger partial charge on any atom is 0.325 e. The zero-order valence-corrected chi connectivity index (χ0v) is 16.3. The topological polar surface area (TPSA) is 71.3 Å². The number of halogens is 2. The van der Waals surface area contributed by atoms with Crippen molar-refractivity contribution in [1.82, 2.24) is 15.1 Å². The molecule has 2 heterocycles. The Bertz CT molecular complexity index is 1080. The van der Waals surface area contributed by atoms with Crippen LogP contribution in [0.5, 0.6) is 0 Å². The molecule has 6 nitrogen and oxygen atoms in total. The van der Waals surface area contributed by atoms with Crippen LogP contribution in [0.4, 0.5) is 19.6 Å². The molecule has 3 aromatic rings. The largest absolute Gasteiger partial charge is 0.403 e. The molecule has 0 bridgehead atoms. The molecular weight excluding hydrogens is 390 g/mol. The Kier molecular flexibility index (Phi) is 5.56. The minimum absolute atomic E-state index is 0.0367. The molecule has 0 spiro atoms. The van der Waals surface area contributed by atoms with Crippen LogP contribution in [0.1, 0.15) is 18.9 Å². The molecule has 154 valence electrons. The van der Waals surface area contributed by atoms with Gasteiger partial charge in [0.05, 0.1) is 0 Å². The number of carbonyl (C=O) groups is 1. The van der Waals surface area contributed by atoms with Gasteiger partial charge in [-0.05, 0) is 42.2 Å². The molecule has 8 heteroatoms. The van der Waals surface area contributed by atoms with Crippen LogP contribution in [0.25, 0.3) is 17.5 Å². The summed E-state index contributed by atoms with van der Waals surface area (Å²) in [6.07, 6.45) is 2.49. The molecule has 1 aliphatic heterocycles. The molecule has 1 saturated heterocycles. The predicted octanol–water partition coefficient (Wildman–Crippen LogP) is 4.97. The van der Waals surface area contributed by atoms with Gasteiger partial charge in [-0.3, -0.25) is 5.32 Å². The van der Waals surface area contributed by atoms with Crippen molar-refractivity contribution in [2.24, 2.45) is 5.92 Å². The molecule has 2 amide bonds. The van der Waals surface area contributed by atoms with Crippen LogP contribution in [0.2, 0.25) is 0 Å². The number of nitrogens with one attached hydrogen (secondary N) is 1. The van der Waals surface area contributed by atoms with Gasteiger partial charge in [-0.25, -0.2) is 13.6 Å². The second kappa shape index (κ2) is 8.44. The van der Waals surface area contributed by atoms with Gasteiger partial charge < -0.3 is 9.32 Å². The lowest BCUT2D eigenvalue weighted by molar-refractivity contribution is 0.197. The summed E-state index contributed by atoms with van der Waals surface area (Å²) in [6, 6.07) is 12.8. The monoisotopic (exact) mass is 410 g/mol. The average molecular weight is 410 g/mol. The third-order valence-electron chi connectivity index (χ3n) is 5.04. The van der Waals surface area contributed by atoms with Gasteiger partial charge >= 0.3 is 12.0 Å². The van der Waals surface area contributed by atoms with E-state index in [0.717, 1.165) is 17.2 Å². The number of rotatable bonds is 3. The minimum atomic E-state index is -0.872. The summed E-state index contributed by atoms with van der Waals surface area (Å²) in [5, 5.41) is 10.5. The maximum absolute atomic E-state index is 13.4. The van der Waals surface area contributed by atoms with E-state index in [0.29, 0.717) is 31.0 Å². The van der Waals surface area contributed by atoms with Crippen molar-refractivity contribution in [3.05, 3.63) is 71.3 Å². The van der Waals surface area contributed by atoms with Crippen molar-refractivity contribution >= 4 is 18.1 Å². The molecule has 0 aliphatic carbocycles. The molecule has 1 unspecified atom stereocenters. The fourth-order valence-electron chi connectivity index (χ4n) is 3.41. The van der Waals surface area contributed by atoms with Crippen molar-refractivity contribution in [1.29, 1.82) is 0 Å². The van der Waals surface area contributed by atoms with Crippen molar-refractivity contribution in [3.63, 3.8) is 0 Å². The van der Waals surface area contributed by atoms with E-state index in [1.54, 1.807) is 4.90 Å². The van der Waals surface area contributed by atoms with Gasteiger partial charge in [-0.15, -0.1) is 5.10 Å². The second-order valence-corrected chi connectivity index (χ2v) is 7.20. The Balaban J connectivity index is 1.38. The third-order valence-corrected chi connectivity index (χ3v) is 5.04. The zero-order chi connectivity index (χ0) is 21.1. The van der Waals surface area contributed by atoms with Crippen LogP contribution in [0, 0.1) is 17.6 Å². The Labute approximate surface area is 172 Å². The van der Waals surface area contributed by atoms with Crippen LogP contribution < -0.4 is 5.32 Å². The van der Waals surface area contributed by atoms with E-state index in [9.17, 15) is 13.6 Å². The van der Waals surface area contributed by atoms with E-state index in [-0.39, 0.29) is 18.0 Å². The predicted molar refractivity (Wildman–Crippen MR) is 108 cm³/mol. The van der Waals surface area contributed by atoms with Crippen LogP contribution in [-0.2, 0) is 0 Å². The van der Waals surface area contributed by atoms with E-state index >= 15 is 0 Å². The summed E-state index contributed by atoms with van der Waals surface area (Å²) in [7, 11) is 0. The van der Waals surface area contributed by atoms with Crippen molar-refractivity contribution < 1.29 is 18.0 Å². The van der Waals surface area contributed by atoms with Gasteiger partial charge in [0.25, 0.3) is 0 Å². The van der Waals surface area contributed by atoms with Gasteiger partial charge in [0.1, 0.15) is 0 Å². The van der Waals surface area contributed by atoms with E-state index in [1.165, 1.54) is 12.1 Å². The highest BCUT2D eigenvalue weighted by atomic mass is 19.2. The third kappa shape index (κ3) is 4.37. The first-order valence-corrected chi connectivity index (χ1v) is 9.60. The number of urea groups is 1. The van der Waals surface area contributed by atoms with E-state index in [2.05, 4.69) is 15.5 Å². The van der Waals surface area contributed by atoms with Gasteiger partial charge in [-0.2, -0.15) is 0 Å². The summed E-state index contributed by atoms with van der Waals surface area (Å²) in [6.45, 7) is 2.97. The number of carbonyl (C=O) groups excluding carboxylic acids is 1. The summed E-state index contributed by atoms with van der Waals surface area (Å²) in [4.78, 5) is 14.2. The first-order valence-electron chi connectivity index (χ1n) is 9.60. The molecule has 1 fully saturated rings. The van der Waals surface area contributed by atoms with Gasteiger partial charge in [0, 0.05) is 18.7 Å². The second-order valence-electron chi connectivity index (χ2n) is 7.20. The zero-order valence-electron chi connectivity index (χ0n) is 16.3. The lowest BCUT2D eigenvalue weighted by Gasteiger charge is -2.32. The molecule has 4 rings (SSSR count). The number of aromatic nitrogens is 2. The summed E-state index contributed by atoms with van der Waals surface area (Å²) in [5.74, 6) is -1.34. The summed E-state index contributed by atoms with van der Waals surface area (Å²) in [5.41, 5.74) is 2.45. The first kappa shape index (κ1) is 19.8. The molecule has 0 saturated carbocycles. The van der Waals surface area contributed by atoms with Crippen LogP contribution in [0.15, 0.2) is 58.5 Å². The number of hydrogen-bond acceptors (Lipinski definition) is 4. The lowest BCUT2D eigenvalue weighted by atomic mass is 9.91. The fraction of sp³-hybridized carbons (Fsp3) is 0.227. The molecule has 30 heavy (non-hydrogen) atoms. The standard InChI is InChI=1S/C22H20F2N4O2/c1-14-13-28(10-9-17(14)11-15-7-8-18(23)19(24)12-15)22(29)25-21-27-26-20(30-21)16-5-3-2-4-6-16/h2-8,11-12,14H,9-10,13H2,1H3,(H,25,27,29). The highest BCUT2D eigenvalue weighted by Gasteiger charge is 2.25. The van der Waals surface area contributed by atoms with E-state index < -0.39 is 11.6 Å². The normalized spacial score (nSPS) is 17.9. The molecule has 1 atom stereocenters. The van der Waals surface area contributed by atoms with Crippen molar-refractivity contribution in [2.75, 3.05) is 18.4 Å². The van der Waals surface area contributed by atoms with Crippen LogP contribution >= 0.6 is 0 Å². The lowest BCUT2D eigenvalue weighted by Crippen LogP contribution is -2.42. The molecule has 1 N–H and O–H groups in total. The summed E-state index contributed by atoms with van der Waals surface area (Å²) >= 11 is 0. The number of likely N-dealkylation sites (tertiary alicyclic amines) is 1. The Morgan fingerprint density at radius 3 is 2.70 bits per heavy atom. The molecule has 1 aliphatic rings. The number of anilines is 1. The van der Waals surface area contributed by atoms with Gasteiger partial charge in [-0.1, -0.05) is 47.9 Å². The number of benzene rings is 2. The average Bonchev–Trinajstić information content (AvgIpc) is 3.21. The highest BCUT2D eigenvalue weighted by molar-refractivity contribution is 5.87. The minimum Gasteiger partial charge on any atom is -0.403 e. The Hall–Kier alpha value is -3.55. The summed E-state index contributed by atoms with van der Waals surface area (Å²) < 4.78 is 32.1. The van der Waals surface area contributed by atoms with Crippen molar-refractivity contribution in [3.8, 4) is 11.5 Å². The fourth-order valence-corrected chi connectivity index (χ4v) is 3.41. The van der Waals surface area contributed by atoms with E-state index in [4.69, 9.17) is 4.42 Å². The van der Waals surface area contributed by atoms with Crippen LogP contribution in [0.3, 0.4) is 0 Å². The van der Waals surface area contributed by atoms with Gasteiger partial charge in [0.15, 0.2) is 11.6 Å². The smallest absolute Gasteiger partial charge is 0.325 e. The van der Waals surface area contributed by atoms with Gasteiger partial charge in [0.2, 0.25) is 5.89 Å². The highest BCUT2D eigenvalue weighted by Crippen LogP contribution is 2.26. The number of amides is 2. The number of piperidine rings is 1. The Morgan fingerprint density at radius 2 is 1.97 bits per heavy atom. The van der Waals surface area contributed by atoms with Crippen molar-refractivity contribution in [2.45, 2.75) is 13.3 Å². The first-order chi connectivity index (χ1) is 14.5.